The van der Waals surface area contributed by atoms with E-state index in [1.807, 2.05) is 24.6 Å². The lowest BCUT2D eigenvalue weighted by Crippen LogP contribution is -2.25. The molecule has 0 saturated carbocycles. The van der Waals surface area contributed by atoms with Crippen LogP contribution in [-0.2, 0) is 6.54 Å². The van der Waals surface area contributed by atoms with Crippen LogP contribution in [0, 0.1) is 13.8 Å². The molecule has 102 valence electrons. The number of carbonyl (C=O) groups is 1. The van der Waals surface area contributed by atoms with E-state index in [0.29, 0.717) is 17.9 Å². The Morgan fingerprint density at radius 1 is 1.47 bits per heavy atom. The standard InChI is InChI=1S/C13H19N5O/c1-9-6-10(2)18(17-9)5-3-4-15-13(19)12-7-11(14)8-16-12/h6-8,16H,3-5,14H2,1-2H3,(H,15,19). The van der Waals surface area contributed by atoms with Gasteiger partial charge in [0.15, 0.2) is 0 Å². The average molecular weight is 261 g/mol. The summed E-state index contributed by atoms with van der Waals surface area (Å²) in [4.78, 5) is 14.5. The van der Waals surface area contributed by atoms with Crippen LogP contribution < -0.4 is 11.1 Å². The van der Waals surface area contributed by atoms with Crippen molar-refractivity contribution in [3.8, 4) is 0 Å². The van der Waals surface area contributed by atoms with E-state index in [-0.39, 0.29) is 5.91 Å². The Hall–Kier alpha value is -2.24. The molecule has 2 aromatic rings. The molecule has 0 spiro atoms. The first-order valence-corrected chi connectivity index (χ1v) is 6.29. The van der Waals surface area contributed by atoms with E-state index in [0.717, 1.165) is 24.4 Å². The van der Waals surface area contributed by atoms with Gasteiger partial charge < -0.3 is 16.0 Å². The highest BCUT2D eigenvalue weighted by Crippen LogP contribution is 2.04. The van der Waals surface area contributed by atoms with Crippen LogP contribution in [0.5, 0.6) is 0 Å². The number of aryl methyl sites for hydroxylation is 3. The Kier molecular flexibility index (Phi) is 3.89. The number of hydrogen-bond acceptors (Lipinski definition) is 3. The zero-order valence-corrected chi connectivity index (χ0v) is 11.2. The number of aromatic amines is 1. The highest BCUT2D eigenvalue weighted by Gasteiger charge is 2.06. The van der Waals surface area contributed by atoms with Crippen molar-refractivity contribution in [1.29, 1.82) is 0 Å². The van der Waals surface area contributed by atoms with Crippen molar-refractivity contribution in [1.82, 2.24) is 20.1 Å². The van der Waals surface area contributed by atoms with Gasteiger partial charge in [-0.25, -0.2) is 0 Å². The van der Waals surface area contributed by atoms with Crippen LogP contribution in [0.3, 0.4) is 0 Å². The van der Waals surface area contributed by atoms with Crippen molar-refractivity contribution in [2.45, 2.75) is 26.8 Å². The molecule has 0 fully saturated rings. The first-order valence-electron chi connectivity index (χ1n) is 6.29. The summed E-state index contributed by atoms with van der Waals surface area (Å²) in [5.41, 5.74) is 8.75. The molecule has 6 heteroatoms. The minimum atomic E-state index is -0.134. The molecule has 2 aromatic heterocycles. The van der Waals surface area contributed by atoms with Crippen molar-refractivity contribution in [3.63, 3.8) is 0 Å². The zero-order chi connectivity index (χ0) is 13.8. The smallest absolute Gasteiger partial charge is 0.267 e. The molecular formula is C13H19N5O. The first kappa shape index (κ1) is 13.2. The Morgan fingerprint density at radius 3 is 2.84 bits per heavy atom. The van der Waals surface area contributed by atoms with Gasteiger partial charge >= 0.3 is 0 Å². The first-order chi connectivity index (χ1) is 9.06. The van der Waals surface area contributed by atoms with E-state index in [1.165, 1.54) is 0 Å². The third kappa shape index (κ3) is 3.37. The summed E-state index contributed by atoms with van der Waals surface area (Å²) in [6, 6.07) is 3.66. The molecule has 0 aliphatic rings. The topological polar surface area (TPSA) is 88.7 Å². The van der Waals surface area contributed by atoms with E-state index in [2.05, 4.69) is 15.4 Å². The van der Waals surface area contributed by atoms with Crippen molar-refractivity contribution < 1.29 is 4.79 Å². The summed E-state index contributed by atoms with van der Waals surface area (Å²) in [6.07, 6.45) is 2.44. The highest BCUT2D eigenvalue weighted by molar-refractivity contribution is 5.93. The van der Waals surface area contributed by atoms with Gasteiger partial charge in [0.2, 0.25) is 0 Å². The normalized spacial score (nSPS) is 10.6. The fraction of sp³-hybridized carbons (Fsp3) is 0.385. The molecule has 0 radical (unpaired) electrons. The maximum absolute atomic E-state index is 11.7. The molecule has 0 aliphatic carbocycles. The minimum absolute atomic E-state index is 0.134. The lowest BCUT2D eigenvalue weighted by molar-refractivity contribution is 0.0948. The molecule has 0 aliphatic heterocycles. The molecule has 4 N–H and O–H groups in total. The van der Waals surface area contributed by atoms with E-state index in [4.69, 9.17) is 5.73 Å². The van der Waals surface area contributed by atoms with Crippen LogP contribution in [0.15, 0.2) is 18.3 Å². The van der Waals surface area contributed by atoms with Crippen LogP contribution in [-0.4, -0.2) is 27.2 Å². The fourth-order valence-electron chi connectivity index (χ4n) is 1.97. The van der Waals surface area contributed by atoms with E-state index < -0.39 is 0 Å². The number of carbonyl (C=O) groups excluding carboxylic acids is 1. The lowest BCUT2D eigenvalue weighted by Gasteiger charge is -2.05. The lowest BCUT2D eigenvalue weighted by atomic mass is 10.3. The maximum atomic E-state index is 11.7. The third-order valence-corrected chi connectivity index (χ3v) is 2.89. The van der Waals surface area contributed by atoms with E-state index >= 15 is 0 Å². The van der Waals surface area contributed by atoms with Crippen LogP contribution in [0.2, 0.25) is 0 Å². The molecule has 0 atom stereocenters. The number of aromatic nitrogens is 3. The second kappa shape index (κ2) is 5.60. The Bertz CT molecular complexity index is 569. The second-order valence-corrected chi connectivity index (χ2v) is 4.61. The van der Waals surface area contributed by atoms with Gasteiger partial charge in [-0.2, -0.15) is 5.10 Å². The van der Waals surface area contributed by atoms with Gasteiger partial charge in [-0.05, 0) is 32.4 Å². The minimum Gasteiger partial charge on any atom is -0.397 e. The highest BCUT2D eigenvalue weighted by atomic mass is 16.1. The third-order valence-electron chi connectivity index (χ3n) is 2.89. The summed E-state index contributed by atoms with van der Waals surface area (Å²) in [5.74, 6) is -0.134. The van der Waals surface area contributed by atoms with E-state index in [9.17, 15) is 4.79 Å². The number of nitrogen functional groups attached to an aromatic ring is 1. The second-order valence-electron chi connectivity index (χ2n) is 4.61. The van der Waals surface area contributed by atoms with Gasteiger partial charge in [0, 0.05) is 30.7 Å². The SMILES string of the molecule is Cc1cc(C)n(CCCNC(=O)c2cc(N)c[nH]2)n1. The molecule has 0 bridgehead atoms. The molecule has 2 heterocycles. The number of amides is 1. The molecule has 2 rings (SSSR count). The van der Waals surface area contributed by atoms with Crippen molar-refractivity contribution in [2.75, 3.05) is 12.3 Å². The predicted molar refractivity (Wildman–Crippen MR) is 73.9 cm³/mol. The summed E-state index contributed by atoms with van der Waals surface area (Å²) in [5, 5.41) is 7.21. The number of anilines is 1. The Morgan fingerprint density at radius 2 is 2.26 bits per heavy atom. The van der Waals surface area contributed by atoms with Gasteiger partial charge in [-0.15, -0.1) is 0 Å². The molecule has 19 heavy (non-hydrogen) atoms. The predicted octanol–water partition coefficient (Wildman–Crippen LogP) is 1.23. The van der Waals surface area contributed by atoms with Gasteiger partial charge in [-0.1, -0.05) is 0 Å². The van der Waals surface area contributed by atoms with Crippen LogP contribution >= 0.6 is 0 Å². The van der Waals surface area contributed by atoms with Crippen molar-refractivity contribution in [2.24, 2.45) is 0 Å². The number of nitrogens with two attached hydrogens (primary N) is 1. The van der Waals surface area contributed by atoms with Crippen molar-refractivity contribution in [3.05, 3.63) is 35.4 Å². The largest absolute Gasteiger partial charge is 0.397 e. The van der Waals surface area contributed by atoms with Gasteiger partial charge in [0.1, 0.15) is 5.69 Å². The van der Waals surface area contributed by atoms with Crippen LogP contribution in [0.4, 0.5) is 5.69 Å². The number of hydrogen-bond donors (Lipinski definition) is 3. The Labute approximate surface area is 112 Å². The monoisotopic (exact) mass is 261 g/mol. The molecule has 0 saturated heterocycles. The zero-order valence-electron chi connectivity index (χ0n) is 11.2. The molecular weight excluding hydrogens is 242 g/mol. The van der Waals surface area contributed by atoms with Gasteiger partial charge in [0.05, 0.1) is 5.69 Å². The quantitative estimate of drug-likeness (QED) is 0.707. The number of nitrogens with zero attached hydrogens (tertiary/aromatic N) is 2. The van der Waals surface area contributed by atoms with E-state index in [1.54, 1.807) is 12.3 Å². The summed E-state index contributed by atoms with van der Waals surface area (Å²) in [7, 11) is 0. The molecule has 0 unspecified atom stereocenters. The molecule has 6 nitrogen and oxygen atoms in total. The number of rotatable bonds is 5. The maximum Gasteiger partial charge on any atom is 0.267 e. The molecule has 1 amide bonds. The summed E-state index contributed by atoms with van der Waals surface area (Å²) in [6.45, 7) is 5.41. The Balaban J connectivity index is 1.75. The van der Waals surface area contributed by atoms with Crippen LogP contribution in [0.1, 0.15) is 28.3 Å². The number of nitrogens with one attached hydrogen (secondary N) is 2. The molecule has 0 aromatic carbocycles. The van der Waals surface area contributed by atoms with Gasteiger partial charge in [-0.3, -0.25) is 9.48 Å². The fourth-order valence-corrected chi connectivity index (χ4v) is 1.97. The summed E-state index contributed by atoms with van der Waals surface area (Å²) >= 11 is 0. The van der Waals surface area contributed by atoms with Crippen molar-refractivity contribution >= 4 is 11.6 Å². The van der Waals surface area contributed by atoms with Gasteiger partial charge in [0.25, 0.3) is 5.91 Å². The van der Waals surface area contributed by atoms with Crippen LogP contribution in [0.25, 0.3) is 0 Å². The number of H-pyrrole nitrogens is 1. The summed E-state index contributed by atoms with van der Waals surface area (Å²) < 4.78 is 1.95. The average Bonchev–Trinajstić information content (AvgIpc) is 2.91.